The van der Waals surface area contributed by atoms with Crippen LogP contribution in [0, 0.1) is 0 Å². The highest BCUT2D eigenvalue weighted by molar-refractivity contribution is 9.11. The molecule has 1 heterocycles. The minimum atomic E-state index is -0.175. The summed E-state index contributed by atoms with van der Waals surface area (Å²) in [4.78, 5) is 1.03. The fourth-order valence-electron chi connectivity index (χ4n) is 1.42. The Kier molecular flexibility index (Phi) is 4.72. The quantitative estimate of drug-likeness (QED) is 0.608. The van der Waals surface area contributed by atoms with Crippen LogP contribution in [-0.2, 0) is 0 Å². The molecule has 90 valence electrons. The van der Waals surface area contributed by atoms with E-state index in [-0.39, 0.29) is 6.04 Å². The Morgan fingerprint density at radius 1 is 1.18 bits per heavy atom. The van der Waals surface area contributed by atoms with Gasteiger partial charge in [0.25, 0.3) is 0 Å². The first-order valence-electron chi connectivity index (χ1n) is 4.64. The van der Waals surface area contributed by atoms with E-state index in [2.05, 4.69) is 47.8 Å². The summed E-state index contributed by atoms with van der Waals surface area (Å²) in [5.41, 5.74) is 7.28. The van der Waals surface area contributed by atoms with Crippen molar-refractivity contribution in [2.75, 3.05) is 0 Å². The molecule has 0 radical (unpaired) electrons. The van der Waals surface area contributed by atoms with Crippen LogP contribution in [0.4, 0.5) is 0 Å². The van der Waals surface area contributed by atoms with Gasteiger partial charge in [0.15, 0.2) is 0 Å². The summed E-state index contributed by atoms with van der Waals surface area (Å²) in [5.74, 6) is 0. The molecule has 1 atom stereocenters. The van der Waals surface area contributed by atoms with Crippen LogP contribution < -0.4 is 5.73 Å². The van der Waals surface area contributed by atoms with Gasteiger partial charge in [-0.05, 0) is 39.7 Å². The summed E-state index contributed by atoms with van der Waals surface area (Å²) in [7, 11) is 0. The number of hydrogen-bond donors (Lipinski definition) is 1. The van der Waals surface area contributed by atoms with Crippen LogP contribution >= 0.6 is 70.7 Å². The van der Waals surface area contributed by atoms with Crippen molar-refractivity contribution in [2.24, 2.45) is 5.73 Å². The highest BCUT2D eigenvalue weighted by Crippen LogP contribution is 2.38. The van der Waals surface area contributed by atoms with E-state index in [1.807, 2.05) is 24.3 Å². The molecule has 6 heteroatoms. The summed E-state index contributed by atoms with van der Waals surface area (Å²) in [6.07, 6.45) is 0. The van der Waals surface area contributed by atoms with E-state index in [0.29, 0.717) is 5.02 Å². The van der Waals surface area contributed by atoms with E-state index in [9.17, 15) is 0 Å². The average molecular weight is 460 g/mol. The summed E-state index contributed by atoms with van der Waals surface area (Å²) < 4.78 is 2.92. The molecule has 1 aromatic carbocycles. The predicted octanol–water partition coefficient (Wildman–Crippen LogP) is 5.74. The lowest BCUT2D eigenvalue weighted by atomic mass is 10.1. The third-order valence-electron chi connectivity index (χ3n) is 2.27. The lowest BCUT2D eigenvalue weighted by Gasteiger charge is -2.12. The number of halogens is 4. The molecule has 0 fully saturated rings. The van der Waals surface area contributed by atoms with E-state index in [4.69, 9.17) is 17.3 Å². The van der Waals surface area contributed by atoms with E-state index >= 15 is 0 Å². The Morgan fingerprint density at radius 3 is 2.41 bits per heavy atom. The van der Waals surface area contributed by atoms with Crippen molar-refractivity contribution in [3.05, 3.63) is 52.5 Å². The van der Waals surface area contributed by atoms with Crippen LogP contribution in [0.15, 0.2) is 37.0 Å². The maximum atomic E-state index is 6.24. The third-order valence-corrected chi connectivity index (χ3v) is 6.01. The Morgan fingerprint density at radius 2 is 1.88 bits per heavy atom. The zero-order valence-electron chi connectivity index (χ0n) is 8.38. The fourth-order valence-corrected chi connectivity index (χ4v) is 4.48. The van der Waals surface area contributed by atoms with Crippen LogP contribution in [-0.4, -0.2) is 0 Å². The topological polar surface area (TPSA) is 26.0 Å². The zero-order chi connectivity index (χ0) is 12.6. The molecule has 2 N–H and O–H groups in total. The molecule has 2 aromatic rings. The highest BCUT2D eigenvalue weighted by Gasteiger charge is 2.16. The SMILES string of the molecule is NC(c1cc(Cl)c(Br)s1)c1ccc(Br)cc1Br. The first-order valence-corrected chi connectivity index (χ1v) is 8.21. The molecule has 2 rings (SSSR count). The molecule has 0 aliphatic rings. The monoisotopic (exact) mass is 457 g/mol. The van der Waals surface area contributed by atoms with Crippen molar-refractivity contribution in [3.8, 4) is 0 Å². The number of rotatable bonds is 2. The molecule has 0 bridgehead atoms. The standard InChI is InChI=1S/C11H7Br3ClNS/c12-5-1-2-6(7(13)3-5)10(16)9-4-8(15)11(14)17-9/h1-4,10H,16H2. The lowest BCUT2D eigenvalue weighted by Crippen LogP contribution is -2.10. The Bertz CT molecular complexity index is 536. The van der Waals surface area contributed by atoms with Gasteiger partial charge < -0.3 is 5.73 Å². The molecule has 0 aliphatic heterocycles. The highest BCUT2D eigenvalue weighted by atomic mass is 79.9. The maximum absolute atomic E-state index is 6.24. The molecule has 0 aliphatic carbocycles. The van der Waals surface area contributed by atoms with Gasteiger partial charge in [0.05, 0.1) is 14.9 Å². The number of benzene rings is 1. The van der Waals surface area contributed by atoms with Gasteiger partial charge in [0.2, 0.25) is 0 Å². The summed E-state index contributed by atoms with van der Waals surface area (Å²) in [6.45, 7) is 0. The van der Waals surface area contributed by atoms with Gasteiger partial charge in [-0.3, -0.25) is 0 Å². The molecule has 1 unspecified atom stereocenters. The van der Waals surface area contributed by atoms with Crippen molar-refractivity contribution >= 4 is 70.7 Å². The van der Waals surface area contributed by atoms with Crippen molar-refractivity contribution < 1.29 is 0 Å². The minimum Gasteiger partial charge on any atom is -0.320 e. The first kappa shape index (κ1) is 14.0. The molecular weight excluding hydrogens is 453 g/mol. The van der Waals surface area contributed by atoms with Crippen molar-refractivity contribution in [3.63, 3.8) is 0 Å². The van der Waals surface area contributed by atoms with Gasteiger partial charge in [-0.15, -0.1) is 11.3 Å². The zero-order valence-corrected chi connectivity index (χ0v) is 14.7. The van der Waals surface area contributed by atoms with Gasteiger partial charge >= 0.3 is 0 Å². The van der Waals surface area contributed by atoms with Gasteiger partial charge in [-0.25, -0.2) is 0 Å². The van der Waals surface area contributed by atoms with E-state index in [0.717, 1.165) is 23.2 Å². The van der Waals surface area contributed by atoms with Crippen LogP contribution in [0.3, 0.4) is 0 Å². The number of hydrogen-bond acceptors (Lipinski definition) is 2. The van der Waals surface area contributed by atoms with E-state index < -0.39 is 0 Å². The van der Waals surface area contributed by atoms with Crippen LogP contribution in [0.25, 0.3) is 0 Å². The predicted molar refractivity (Wildman–Crippen MR) is 84.9 cm³/mol. The Hall–Kier alpha value is 0.610. The normalized spacial score (nSPS) is 12.8. The van der Waals surface area contributed by atoms with Crippen LogP contribution in [0.5, 0.6) is 0 Å². The largest absolute Gasteiger partial charge is 0.320 e. The van der Waals surface area contributed by atoms with Gasteiger partial charge in [0.1, 0.15) is 0 Å². The van der Waals surface area contributed by atoms with Gasteiger partial charge in [0, 0.05) is 13.8 Å². The maximum Gasteiger partial charge on any atom is 0.0888 e. The van der Waals surface area contributed by atoms with E-state index in [1.165, 1.54) is 0 Å². The smallest absolute Gasteiger partial charge is 0.0888 e. The third kappa shape index (κ3) is 3.14. The van der Waals surface area contributed by atoms with Crippen LogP contribution in [0.1, 0.15) is 16.5 Å². The molecule has 1 aromatic heterocycles. The Labute approximate surface area is 134 Å². The summed E-state index contributed by atoms with van der Waals surface area (Å²) in [6, 6.07) is 7.69. The van der Waals surface area contributed by atoms with Crippen molar-refractivity contribution in [1.29, 1.82) is 0 Å². The van der Waals surface area contributed by atoms with Gasteiger partial charge in [-0.1, -0.05) is 49.5 Å². The summed E-state index contributed by atoms with van der Waals surface area (Å²) >= 11 is 17.9. The van der Waals surface area contributed by atoms with Crippen molar-refractivity contribution in [1.82, 2.24) is 0 Å². The molecule has 1 nitrogen and oxygen atoms in total. The summed E-state index contributed by atoms with van der Waals surface area (Å²) in [5, 5.41) is 0.702. The van der Waals surface area contributed by atoms with E-state index in [1.54, 1.807) is 11.3 Å². The fraction of sp³-hybridized carbons (Fsp3) is 0.0909. The molecular formula is C11H7Br3ClNS. The second-order valence-electron chi connectivity index (χ2n) is 3.41. The molecule has 17 heavy (non-hydrogen) atoms. The average Bonchev–Trinajstić information content (AvgIpc) is 2.58. The first-order chi connectivity index (χ1) is 7.99. The van der Waals surface area contributed by atoms with Gasteiger partial charge in [-0.2, -0.15) is 0 Å². The number of nitrogens with two attached hydrogens (primary N) is 1. The molecule has 0 amide bonds. The van der Waals surface area contributed by atoms with Crippen molar-refractivity contribution in [2.45, 2.75) is 6.04 Å². The molecule has 0 saturated carbocycles. The van der Waals surface area contributed by atoms with Crippen LogP contribution in [0.2, 0.25) is 5.02 Å². The Balaban J connectivity index is 2.39. The minimum absolute atomic E-state index is 0.175. The lowest BCUT2D eigenvalue weighted by molar-refractivity contribution is 0.887. The molecule has 0 spiro atoms. The number of thiophene rings is 1. The second kappa shape index (κ2) is 5.72. The molecule has 0 saturated heterocycles. The second-order valence-corrected chi connectivity index (χ2v) is 7.99.